The minimum absolute atomic E-state index is 0.154. The molecule has 0 unspecified atom stereocenters. The van der Waals surface area contributed by atoms with Gasteiger partial charge in [-0.25, -0.2) is 0 Å². The van der Waals surface area contributed by atoms with Crippen molar-refractivity contribution in [1.29, 1.82) is 0 Å². The Morgan fingerprint density at radius 1 is 1.29 bits per heavy atom. The number of rotatable bonds is 11. The van der Waals surface area contributed by atoms with Crippen molar-refractivity contribution in [1.82, 2.24) is 0 Å². The van der Waals surface area contributed by atoms with Crippen LogP contribution in [0.4, 0.5) is 0 Å². The van der Waals surface area contributed by atoms with Gasteiger partial charge in [-0.1, -0.05) is 45.8 Å². The number of hydrogen-bond donors (Lipinski definition) is 3. The van der Waals surface area contributed by atoms with E-state index >= 15 is 0 Å². The molecule has 0 spiro atoms. The maximum Gasteiger partial charge on any atom is 0.0795 e. The van der Waals surface area contributed by atoms with Gasteiger partial charge in [-0.2, -0.15) is 0 Å². The Bertz CT molecular complexity index is 384. The number of ether oxygens (including phenoxy) is 1. The molecule has 1 aliphatic rings. The third-order valence-corrected chi connectivity index (χ3v) is 5.34. The molecule has 0 bridgehead atoms. The van der Waals surface area contributed by atoms with Crippen molar-refractivity contribution < 1.29 is 20.1 Å². The summed E-state index contributed by atoms with van der Waals surface area (Å²) in [7, 11) is 0. The highest BCUT2D eigenvalue weighted by Crippen LogP contribution is 2.41. The van der Waals surface area contributed by atoms with Gasteiger partial charge in [-0.05, 0) is 44.4 Å². The third kappa shape index (κ3) is 6.83. The molecule has 0 aromatic carbocycles. The maximum atomic E-state index is 10.0. The summed E-state index contributed by atoms with van der Waals surface area (Å²) in [6.45, 7) is 12.6. The minimum Gasteiger partial charge on any atom is -0.394 e. The van der Waals surface area contributed by atoms with Gasteiger partial charge in [-0.15, -0.1) is 0 Å². The molecule has 4 nitrogen and oxygen atoms in total. The number of hydrogen-bond acceptors (Lipinski definition) is 4. The Balaban J connectivity index is 2.48. The summed E-state index contributed by atoms with van der Waals surface area (Å²) in [5.41, 5.74) is 0.942. The molecule has 1 heterocycles. The first-order valence-electron chi connectivity index (χ1n) is 9.53. The van der Waals surface area contributed by atoms with E-state index < -0.39 is 12.2 Å². The van der Waals surface area contributed by atoms with Gasteiger partial charge in [0.05, 0.1) is 30.5 Å². The summed E-state index contributed by atoms with van der Waals surface area (Å²) in [4.78, 5) is 0. The normalized spacial score (nSPS) is 31.0. The van der Waals surface area contributed by atoms with Crippen LogP contribution in [0.25, 0.3) is 0 Å². The van der Waals surface area contributed by atoms with Gasteiger partial charge >= 0.3 is 0 Å². The molecular weight excluding hydrogens is 304 g/mol. The van der Waals surface area contributed by atoms with Gasteiger partial charge in [0, 0.05) is 6.42 Å². The van der Waals surface area contributed by atoms with Crippen LogP contribution in [0.15, 0.2) is 12.2 Å². The Labute approximate surface area is 147 Å². The van der Waals surface area contributed by atoms with Crippen LogP contribution in [0.3, 0.4) is 0 Å². The van der Waals surface area contributed by atoms with Gasteiger partial charge < -0.3 is 20.1 Å². The first kappa shape index (κ1) is 21.6. The summed E-state index contributed by atoms with van der Waals surface area (Å²) in [6.07, 6.45) is 5.06. The Morgan fingerprint density at radius 2 is 1.96 bits per heavy atom. The largest absolute Gasteiger partial charge is 0.394 e. The highest BCUT2D eigenvalue weighted by atomic mass is 16.5. The zero-order chi connectivity index (χ0) is 18.3. The standard InChI is InChI=1S/C20H38O4/c1-6-7-8-19-16(4)12-20(5,24-19)11-15(3)14(2)9-17(22)10-18(23)13-21/h14,16-19,21-23H,3,6-13H2,1-2,4-5H3/t14-,16+,17+,18+,19+,20-/m0/s1. The monoisotopic (exact) mass is 342 g/mol. The van der Waals surface area contributed by atoms with E-state index in [0.717, 1.165) is 24.8 Å². The molecule has 1 aliphatic heterocycles. The van der Waals surface area contributed by atoms with E-state index in [1.807, 2.05) is 0 Å². The topological polar surface area (TPSA) is 69.9 Å². The van der Waals surface area contributed by atoms with Crippen molar-refractivity contribution in [2.75, 3.05) is 6.61 Å². The number of aliphatic hydroxyl groups excluding tert-OH is 3. The van der Waals surface area contributed by atoms with Gasteiger partial charge in [0.25, 0.3) is 0 Å². The SMILES string of the molecule is C=C(C[C@@]1(C)C[C@@H](C)[C@@H](CCCC)O1)[C@@H](C)C[C@@H](O)C[C@@H](O)CO. The summed E-state index contributed by atoms with van der Waals surface area (Å²) >= 11 is 0. The molecule has 3 N–H and O–H groups in total. The highest BCUT2D eigenvalue weighted by molar-refractivity contribution is 5.07. The lowest BCUT2D eigenvalue weighted by molar-refractivity contribution is -0.0371. The summed E-state index contributed by atoms with van der Waals surface area (Å²) in [6, 6.07) is 0. The van der Waals surface area contributed by atoms with Crippen LogP contribution in [0.5, 0.6) is 0 Å². The fraction of sp³-hybridized carbons (Fsp3) is 0.900. The first-order chi connectivity index (χ1) is 11.2. The lowest BCUT2D eigenvalue weighted by atomic mass is 9.83. The van der Waals surface area contributed by atoms with E-state index in [0.29, 0.717) is 18.4 Å². The van der Waals surface area contributed by atoms with Crippen molar-refractivity contribution in [3.63, 3.8) is 0 Å². The van der Waals surface area contributed by atoms with Crippen molar-refractivity contribution in [2.45, 2.75) is 96.6 Å². The Kier molecular flexibility index (Phi) is 8.93. The van der Waals surface area contributed by atoms with Crippen LogP contribution < -0.4 is 0 Å². The Morgan fingerprint density at radius 3 is 2.54 bits per heavy atom. The highest BCUT2D eigenvalue weighted by Gasteiger charge is 2.41. The third-order valence-electron chi connectivity index (χ3n) is 5.34. The number of unbranched alkanes of at least 4 members (excludes halogenated alkanes) is 1. The van der Waals surface area contributed by atoms with Crippen molar-refractivity contribution >= 4 is 0 Å². The smallest absolute Gasteiger partial charge is 0.0795 e. The van der Waals surface area contributed by atoms with E-state index in [4.69, 9.17) is 9.84 Å². The second-order valence-electron chi connectivity index (χ2n) is 8.13. The van der Waals surface area contributed by atoms with Crippen molar-refractivity contribution in [2.24, 2.45) is 11.8 Å². The molecule has 4 heteroatoms. The average molecular weight is 343 g/mol. The minimum atomic E-state index is -0.851. The van der Waals surface area contributed by atoms with Gasteiger partial charge in [-0.3, -0.25) is 0 Å². The maximum absolute atomic E-state index is 10.0. The van der Waals surface area contributed by atoms with Gasteiger partial charge in [0.15, 0.2) is 0 Å². The molecule has 0 amide bonds. The molecule has 6 atom stereocenters. The molecule has 0 aromatic rings. The molecule has 0 saturated carbocycles. The summed E-state index contributed by atoms with van der Waals surface area (Å²) in [5.74, 6) is 0.742. The molecule has 0 aromatic heterocycles. The summed E-state index contributed by atoms with van der Waals surface area (Å²) in [5, 5.41) is 28.3. The lowest BCUT2D eigenvalue weighted by Crippen LogP contribution is -2.28. The van der Waals surface area contributed by atoms with Crippen LogP contribution in [-0.4, -0.2) is 45.8 Å². The van der Waals surface area contributed by atoms with Crippen molar-refractivity contribution in [3.05, 3.63) is 12.2 Å². The molecule has 1 fully saturated rings. The quantitative estimate of drug-likeness (QED) is 0.503. The second-order valence-corrected chi connectivity index (χ2v) is 8.13. The van der Waals surface area contributed by atoms with Gasteiger partial charge in [0.1, 0.15) is 0 Å². The fourth-order valence-corrected chi connectivity index (χ4v) is 3.92. The summed E-state index contributed by atoms with van der Waals surface area (Å²) < 4.78 is 6.37. The molecule has 0 aliphatic carbocycles. The molecule has 24 heavy (non-hydrogen) atoms. The Hall–Kier alpha value is -0.420. The fourth-order valence-electron chi connectivity index (χ4n) is 3.92. The zero-order valence-electron chi connectivity index (χ0n) is 16.0. The van der Waals surface area contributed by atoms with E-state index in [1.165, 1.54) is 12.8 Å². The molecule has 1 saturated heterocycles. The zero-order valence-corrected chi connectivity index (χ0v) is 16.0. The van der Waals surface area contributed by atoms with E-state index in [1.54, 1.807) is 0 Å². The van der Waals surface area contributed by atoms with E-state index in [9.17, 15) is 10.2 Å². The van der Waals surface area contributed by atoms with Crippen molar-refractivity contribution in [3.8, 4) is 0 Å². The number of aliphatic hydroxyl groups is 3. The van der Waals surface area contributed by atoms with Crippen LogP contribution in [0.2, 0.25) is 0 Å². The second kappa shape index (κ2) is 9.91. The predicted octanol–water partition coefficient (Wildman–Crippen LogP) is 3.44. The van der Waals surface area contributed by atoms with Crippen LogP contribution in [0, 0.1) is 11.8 Å². The van der Waals surface area contributed by atoms with Crippen LogP contribution >= 0.6 is 0 Å². The predicted molar refractivity (Wildman–Crippen MR) is 97.8 cm³/mol. The molecular formula is C20H38O4. The molecule has 0 radical (unpaired) electrons. The molecule has 142 valence electrons. The average Bonchev–Trinajstić information content (AvgIpc) is 2.78. The van der Waals surface area contributed by atoms with Gasteiger partial charge in [0.2, 0.25) is 0 Å². The molecule has 1 rings (SSSR count). The van der Waals surface area contributed by atoms with E-state index in [2.05, 4.69) is 34.3 Å². The first-order valence-corrected chi connectivity index (χ1v) is 9.53. The van der Waals surface area contributed by atoms with Crippen LogP contribution in [0.1, 0.15) is 72.6 Å². The van der Waals surface area contributed by atoms with Crippen LogP contribution in [-0.2, 0) is 4.74 Å². The lowest BCUT2D eigenvalue weighted by Gasteiger charge is -2.29. The van der Waals surface area contributed by atoms with E-state index in [-0.39, 0.29) is 24.5 Å².